The molecule has 1 fully saturated rings. The molecule has 0 atom stereocenters. The van der Waals surface area contributed by atoms with Gasteiger partial charge in [-0.1, -0.05) is 12.8 Å². The Kier molecular flexibility index (Phi) is 3.49. The van der Waals surface area contributed by atoms with Crippen LogP contribution in [0.5, 0.6) is 0 Å². The molecule has 1 aromatic heterocycles. The first kappa shape index (κ1) is 12.5. The van der Waals surface area contributed by atoms with Crippen LogP contribution in [0.3, 0.4) is 0 Å². The molecule has 0 unspecified atom stereocenters. The average Bonchev–Trinajstić information content (AvgIpc) is 2.72. The van der Waals surface area contributed by atoms with E-state index in [1.165, 1.54) is 0 Å². The van der Waals surface area contributed by atoms with Crippen LogP contribution in [0.2, 0.25) is 0 Å². The Hall–Kier alpha value is -0.940. The van der Waals surface area contributed by atoms with Crippen LogP contribution in [0.1, 0.15) is 31.2 Å². The molecule has 17 heavy (non-hydrogen) atoms. The standard InChI is InChI=1S/C12H16BrN3O/c1-8-6-9(7-15-10(8)13)16-11(17)12(14)4-2-3-5-12/h6-7H,2-5,14H2,1H3,(H,16,17). The van der Waals surface area contributed by atoms with Gasteiger partial charge in [0.15, 0.2) is 0 Å². The van der Waals surface area contributed by atoms with Gasteiger partial charge in [0.05, 0.1) is 17.4 Å². The highest BCUT2D eigenvalue weighted by atomic mass is 79.9. The van der Waals surface area contributed by atoms with Crippen LogP contribution in [0.25, 0.3) is 0 Å². The second-order valence-corrected chi connectivity index (χ2v) is 5.40. The summed E-state index contributed by atoms with van der Waals surface area (Å²) in [6.45, 7) is 1.93. The second-order valence-electron chi connectivity index (χ2n) is 4.65. The highest BCUT2D eigenvalue weighted by Crippen LogP contribution is 2.28. The Balaban J connectivity index is 2.10. The quantitative estimate of drug-likeness (QED) is 0.824. The van der Waals surface area contributed by atoms with Gasteiger partial charge in [-0.15, -0.1) is 0 Å². The van der Waals surface area contributed by atoms with Crippen molar-refractivity contribution in [2.24, 2.45) is 5.73 Å². The Labute approximate surface area is 109 Å². The van der Waals surface area contributed by atoms with E-state index in [-0.39, 0.29) is 5.91 Å². The molecule has 0 spiro atoms. The fourth-order valence-corrected chi connectivity index (χ4v) is 2.33. The third-order valence-electron chi connectivity index (χ3n) is 3.22. The average molecular weight is 298 g/mol. The summed E-state index contributed by atoms with van der Waals surface area (Å²) in [5, 5.41) is 2.85. The number of nitrogens with one attached hydrogen (secondary N) is 1. The smallest absolute Gasteiger partial charge is 0.244 e. The Morgan fingerprint density at radius 1 is 1.53 bits per heavy atom. The number of amides is 1. The summed E-state index contributed by atoms with van der Waals surface area (Å²) in [5.74, 6) is -0.0986. The normalized spacial score (nSPS) is 18.1. The van der Waals surface area contributed by atoms with E-state index in [9.17, 15) is 4.79 Å². The molecule has 0 saturated heterocycles. The van der Waals surface area contributed by atoms with Crippen molar-refractivity contribution in [2.75, 3.05) is 5.32 Å². The molecule has 2 rings (SSSR count). The van der Waals surface area contributed by atoms with Gasteiger partial charge in [0.25, 0.3) is 0 Å². The second kappa shape index (κ2) is 4.74. The third kappa shape index (κ3) is 2.66. The lowest BCUT2D eigenvalue weighted by Gasteiger charge is -2.22. The zero-order chi connectivity index (χ0) is 12.5. The van der Waals surface area contributed by atoms with Gasteiger partial charge in [-0.2, -0.15) is 0 Å². The number of halogens is 1. The van der Waals surface area contributed by atoms with Crippen molar-refractivity contribution in [1.29, 1.82) is 0 Å². The van der Waals surface area contributed by atoms with E-state index < -0.39 is 5.54 Å². The van der Waals surface area contributed by atoms with Crippen LogP contribution in [-0.4, -0.2) is 16.4 Å². The number of carbonyl (C=O) groups excluding carboxylic acids is 1. The van der Waals surface area contributed by atoms with Crippen molar-refractivity contribution >= 4 is 27.5 Å². The van der Waals surface area contributed by atoms with Gasteiger partial charge >= 0.3 is 0 Å². The lowest BCUT2D eigenvalue weighted by molar-refractivity contribution is -0.121. The molecule has 1 amide bonds. The van der Waals surface area contributed by atoms with E-state index in [2.05, 4.69) is 26.2 Å². The number of carbonyl (C=O) groups is 1. The molecule has 92 valence electrons. The van der Waals surface area contributed by atoms with Gasteiger partial charge in [-0.05, 0) is 47.3 Å². The summed E-state index contributed by atoms with van der Waals surface area (Å²) >= 11 is 3.32. The fourth-order valence-electron chi connectivity index (χ4n) is 2.11. The number of anilines is 1. The van der Waals surface area contributed by atoms with Crippen molar-refractivity contribution in [2.45, 2.75) is 38.1 Å². The molecule has 0 radical (unpaired) electrons. The number of hydrogen-bond acceptors (Lipinski definition) is 3. The maximum atomic E-state index is 12.1. The van der Waals surface area contributed by atoms with E-state index in [1.807, 2.05) is 13.0 Å². The highest BCUT2D eigenvalue weighted by Gasteiger charge is 2.36. The highest BCUT2D eigenvalue weighted by molar-refractivity contribution is 9.10. The van der Waals surface area contributed by atoms with E-state index in [4.69, 9.17) is 5.73 Å². The first-order valence-electron chi connectivity index (χ1n) is 5.74. The van der Waals surface area contributed by atoms with Crippen molar-refractivity contribution in [1.82, 2.24) is 4.98 Å². The van der Waals surface area contributed by atoms with Crippen LogP contribution < -0.4 is 11.1 Å². The maximum Gasteiger partial charge on any atom is 0.244 e. The van der Waals surface area contributed by atoms with E-state index >= 15 is 0 Å². The Morgan fingerprint density at radius 3 is 2.76 bits per heavy atom. The summed E-state index contributed by atoms with van der Waals surface area (Å²) in [7, 11) is 0. The molecule has 0 aliphatic heterocycles. The maximum absolute atomic E-state index is 12.1. The largest absolute Gasteiger partial charge is 0.323 e. The summed E-state index contributed by atoms with van der Waals surface area (Å²) in [6, 6.07) is 1.88. The van der Waals surface area contributed by atoms with Gasteiger partial charge < -0.3 is 11.1 Å². The van der Waals surface area contributed by atoms with Crippen molar-refractivity contribution in [3.05, 3.63) is 22.4 Å². The van der Waals surface area contributed by atoms with Gasteiger partial charge in [-0.25, -0.2) is 4.98 Å². The number of rotatable bonds is 2. The Morgan fingerprint density at radius 2 is 2.18 bits per heavy atom. The number of nitrogens with two attached hydrogens (primary N) is 1. The van der Waals surface area contributed by atoms with Gasteiger partial charge in [0, 0.05) is 0 Å². The van der Waals surface area contributed by atoms with Crippen LogP contribution in [0.15, 0.2) is 16.9 Å². The molecule has 0 aromatic carbocycles. The number of aryl methyl sites for hydroxylation is 1. The molecule has 3 N–H and O–H groups in total. The van der Waals surface area contributed by atoms with Crippen molar-refractivity contribution in [3.63, 3.8) is 0 Å². The van der Waals surface area contributed by atoms with E-state index in [1.54, 1.807) is 6.20 Å². The fraction of sp³-hybridized carbons (Fsp3) is 0.500. The molecular weight excluding hydrogens is 282 g/mol. The van der Waals surface area contributed by atoms with Crippen molar-refractivity contribution in [3.8, 4) is 0 Å². The zero-order valence-corrected chi connectivity index (χ0v) is 11.4. The van der Waals surface area contributed by atoms with Crippen molar-refractivity contribution < 1.29 is 4.79 Å². The molecule has 5 heteroatoms. The number of pyridine rings is 1. The molecule has 1 heterocycles. The minimum absolute atomic E-state index is 0.0986. The molecule has 4 nitrogen and oxygen atoms in total. The minimum Gasteiger partial charge on any atom is -0.323 e. The summed E-state index contributed by atoms with van der Waals surface area (Å²) in [5.41, 5.74) is 7.07. The number of hydrogen-bond donors (Lipinski definition) is 2. The minimum atomic E-state index is -0.693. The predicted octanol–water partition coefficient (Wildman–Crippen LogP) is 2.36. The molecular formula is C12H16BrN3O. The van der Waals surface area contributed by atoms with Crippen LogP contribution >= 0.6 is 15.9 Å². The van der Waals surface area contributed by atoms with Crippen LogP contribution in [-0.2, 0) is 4.79 Å². The SMILES string of the molecule is Cc1cc(NC(=O)C2(N)CCCC2)cnc1Br. The lowest BCUT2D eigenvalue weighted by Crippen LogP contribution is -2.48. The molecule has 1 aliphatic carbocycles. The Bertz CT molecular complexity index is 441. The summed E-state index contributed by atoms with van der Waals surface area (Å²) in [4.78, 5) is 16.2. The third-order valence-corrected chi connectivity index (χ3v) is 4.05. The zero-order valence-electron chi connectivity index (χ0n) is 9.79. The topological polar surface area (TPSA) is 68.0 Å². The number of nitrogens with zero attached hydrogens (tertiary/aromatic N) is 1. The summed E-state index contributed by atoms with van der Waals surface area (Å²) < 4.78 is 0.791. The lowest BCUT2D eigenvalue weighted by atomic mass is 9.98. The molecule has 1 aliphatic rings. The van der Waals surface area contributed by atoms with Gasteiger partial charge in [-0.3, -0.25) is 4.79 Å². The predicted molar refractivity (Wildman–Crippen MR) is 70.7 cm³/mol. The van der Waals surface area contributed by atoms with Crippen LogP contribution in [0.4, 0.5) is 5.69 Å². The molecule has 1 aromatic rings. The van der Waals surface area contributed by atoms with Gasteiger partial charge in [0.1, 0.15) is 4.60 Å². The molecule has 1 saturated carbocycles. The summed E-state index contributed by atoms with van der Waals surface area (Å²) in [6.07, 6.45) is 5.22. The van der Waals surface area contributed by atoms with Crippen LogP contribution in [0, 0.1) is 6.92 Å². The number of aromatic nitrogens is 1. The first-order chi connectivity index (χ1) is 8.01. The monoisotopic (exact) mass is 297 g/mol. The van der Waals surface area contributed by atoms with Gasteiger partial charge in [0.2, 0.25) is 5.91 Å². The first-order valence-corrected chi connectivity index (χ1v) is 6.53. The van der Waals surface area contributed by atoms with E-state index in [0.29, 0.717) is 5.69 Å². The van der Waals surface area contributed by atoms with E-state index in [0.717, 1.165) is 35.8 Å². The molecule has 0 bridgehead atoms.